The summed E-state index contributed by atoms with van der Waals surface area (Å²) in [6.45, 7) is 7.26. The molecule has 3 amide bonds. The highest BCUT2D eigenvalue weighted by molar-refractivity contribution is 5.97. The largest absolute Gasteiger partial charge is 0.352 e. The zero-order valence-electron chi connectivity index (χ0n) is 14.2. The van der Waals surface area contributed by atoms with Gasteiger partial charge in [0.1, 0.15) is 0 Å². The number of hydrogen-bond donors (Lipinski definition) is 3. The Morgan fingerprint density at radius 2 is 1.92 bits per heavy atom. The van der Waals surface area contributed by atoms with Gasteiger partial charge in [-0.2, -0.15) is 0 Å². The second-order valence-corrected chi connectivity index (χ2v) is 5.92. The number of nitrogens with one attached hydrogen (secondary N) is 3. The Kier molecular flexibility index (Phi) is 6.31. The average molecular weight is 333 g/mol. The molecule has 0 spiro atoms. The van der Waals surface area contributed by atoms with Crippen LogP contribution in [-0.4, -0.2) is 61.9 Å². The van der Waals surface area contributed by atoms with Crippen molar-refractivity contribution in [3.63, 3.8) is 0 Å². The van der Waals surface area contributed by atoms with Crippen LogP contribution in [0.4, 0.5) is 5.69 Å². The summed E-state index contributed by atoms with van der Waals surface area (Å²) in [5, 5.41) is 5.57. The molecule has 24 heavy (non-hydrogen) atoms. The first-order valence-electron chi connectivity index (χ1n) is 8.26. The van der Waals surface area contributed by atoms with Crippen molar-refractivity contribution < 1.29 is 19.3 Å². The van der Waals surface area contributed by atoms with E-state index in [1.807, 2.05) is 6.92 Å². The molecule has 3 N–H and O–H groups in total. The molecule has 1 saturated heterocycles. The first kappa shape index (κ1) is 17.9. The molecule has 0 atom stereocenters. The molecular formula is C17H25N4O3+. The van der Waals surface area contributed by atoms with Gasteiger partial charge in [-0.25, -0.2) is 0 Å². The summed E-state index contributed by atoms with van der Waals surface area (Å²) >= 11 is 0. The molecule has 1 heterocycles. The molecule has 0 bridgehead atoms. The molecule has 130 valence electrons. The van der Waals surface area contributed by atoms with Gasteiger partial charge >= 0.3 is 0 Å². The fraction of sp³-hybridized carbons (Fsp3) is 0.471. The summed E-state index contributed by atoms with van der Waals surface area (Å²) in [5.41, 5.74) is 1.14. The Labute approximate surface area is 142 Å². The van der Waals surface area contributed by atoms with Gasteiger partial charge in [0.2, 0.25) is 5.91 Å². The summed E-state index contributed by atoms with van der Waals surface area (Å²) in [4.78, 5) is 38.3. The average Bonchev–Trinajstić information content (AvgIpc) is 2.55. The lowest BCUT2D eigenvalue weighted by Crippen LogP contribution is -3.15. The van der Waals surface area contributed by atoms with Crippen LogP contribution in [0.25, 0.3) is 0 Å². The van der Waals surface area contributed by atoms with Crippen LogP contribution >= 0.6 is 0 Å². The van der Waals surface area contributed by atoms with Gasteiger partial charge in [-0.15, -0.1) is 0 Å². The number of hydrogen-bond acceptors (Lipinski definition) is 3. The van der Waals surface area contributed by atoms with E-state index in [2.05, 4.69) is 10.6 Å². The first-order valence-corrected chi connectivity index (χ1v) is 8.26. The molecule has 1 aliphatic rings. The predicted molar refractivity (Wildman–Crippen MR) is 90.9 cm³/mol. The third-order valence-electron chi connectivity index (χ3n) is 4.07. The second-order valence-electron chi connectivity index (χ2n) is 5.92. The highest BCUT2D eigenvalue weighted by Crippen LogP contribution is 2.10. The molecule has 7 nitrogen and oxygen atoms in total. The van der Waals surface area contributed by atoms with Gasteiger partial charge in [0.15, 0.2) is 6.54 Å². The normalized spacial score (nSPS) is 15.0. The lowest BCUT2D eigenvalue weighted by molar-refractivity contribution is -0.895. The van der Waals surface area contributed by atoms with Gasteiger partial charge in [-0.05, 0) is 25.1 Å². The molecule has 0 unspecified atom stereocenters. The SMILES string of the molecule is CCNC(=O)c1cccc(NC(=O)C[NH+]2CCN(C(C)=O)CC2)c1. The standard InChI is InChI=1S/C17H24N4O3/c1-3-18-17(24)14-5-4-6-15(11-14)19-16(23)12-20-7-9-21(10-8-20)13(2)22/h4-6,11H,3,7-10,12H2,1-2H3,(H,18,24)(H,19,23)/p+1. The number of anilines is 1. The Balaban J connectivity index is 1.86. The van der Waals surface area contributed by atoms with E-state index >= 15 is 0 Å². The highest BCUT2D eigenvalue weighted by atomic mass is 16.2. The smallest absolute Gasteiger partial charge is 0.279 e. The van der Waals surface area contributed by atoms with Crippen molar-refractivity contribution in [2.24, 2.45) is 0 Å². The maximum absolute atomic E-state index is 12.2. The van der Waals surface area contributed by atoms with E-state index in [0.29, 0.717) is 37.4 Å². The molecule has 0 saturated carbocycles. The quantitative estimate of drug-likeness (QED) is 0.655. The topological polar surface area (TPSA) is 82.9 Å². The maximum Gasteiger partial charge on any atom is 0.279 e. The first-order chi connectivity index (χ1) is 11.5. The molecule has 0 aromatic heterocycles. The fourth-order valence-corrected chi connectivity index (χ4v) is 2.75. The number of piperazine rings is 1. The number of amides is 3. The molecule has 0 radical (unpaired) electrons. The van der Waals surface area contributed by atoms with Crippen LogP contribution in [0.5, 0.6) is 0 Å². The summed E-state index contributed by atoms with van der Waals surface area (Å²) in [5.74, 6) is -0.158. The predicted octanol–water partition coefficient (Wildman–Crippen LogP) is -0.878. The zero-order valence-corrected chi connectivity index (χ0v) is 14.2. The monoisotopic (exact) mass is 333 g/mol. The van der Waals surface area contributed by atoms with Gasteiger partial charge in [0.05, 0.1) is 26.2 Å². The fourth-order valence-electron chi connectivity index (χ4n) is 2.75. The van der Waals surface area contributed by atoms with E-state index in [1.165, 1.54) is 0 Å². The van der Waals surface area contributed by atoms with Crippen LogP contribution in [0.15, 0.2) is 24.3 Å². The second kappa shape index (κ2) is 8.44. The lowest BCUT2D eigenvalue weighted by atomic mass is 10.2. The number of carbonyl (C=O) groups is 3. The van der Waals surface area contributed by atoms with E-state index in [9.17, 15) is 14.4 Å². The van der Waals surface area contributed by atoms with Crippen molar-refractivity contribution >= 4 is 23.4 Å². The van der Waals surface area contributed by atoms with Crippen LogP contribution in [-0.2, 0) is 9.59 Å². The van der Waals surface area contributed by atoms with Crippen molar-refractivity contribution in [2.45, 2.75) is 13.8 Å². The van der Waals surface area contributed by atoms with Crippen molar-refractivity contribution in [2.75, 3.05) is 44.6 Å². The molecule has 1 aliphatic heterocycles. The van der Waals surface area contributed by atoms with Crippen LogP contribution < -0.4 is 15.5 Å². The minimum Gasteiger partial charge on any atom is -0.352 e. The van der Waals surface area contributed by atoms with E-state index in [1.54, 1.807) is 36.1 Å². The third kappa shape index (κ3) is 5.06. The number of carbonyl (C=O) groups excluding carboxylic acids is 3. The number of nitrogens with zero attached hydrogens (tertiary/aromatic N) is 1. The van der Waals surface area contributed by atoms with Gasteiger partial charge < -0.3 is 20.4 Å². The minimum atomic E-state index is -0.153. The van der Waals surface area contributed by atoms with E-state index in [-0.39, 0.29) is 17.7 Å². The van der Waals surface area contributed by atoms with Crippen LogP contribution in [0, 0.1) is 0 Å². The van der Waals surface area contributed by atoms with Gasteiger partial charge in [0.25, 0.3) is 11.8 Å². The van der Waals surface area contributed by atoms with E-state index in [0.717, 1.165) is 18.0 Å². The van der Waals surface area contributed by atoms with E-state index < -0.39 is 0 Å². The number of rotatable bonds is 5. The van der Waals surface area contributed by atoms with Crippen molar-refractivity contribution in [1.82, 2.24) is 10.2 Å². The summed E-state index contributed by atoms with van der Waals surface area (Å²) in [6.07, 6.45) is 0. The molecule has 7 heteroatoms. The summed E-state index contributed by atoms with van der Waals surface area (Å²) in [6, 6.07) is 6.90. The van der Waals surface area contributed by atoms with Crippen molar-refractivity contribution in [1.29, 1.82) is 0 Å². The van der Waals surface area contributed by atoms with Crippen molar-refractivity contribution in [3.05, 3.63) is 29.8 Å². The maximum atomic E-state index is 12.2. The van der Waals surface area contributed by atoms with Crippen LogP contribution in [0.2, 0.25) is 0 Å². The minimum absolute atomic E-state index is 0.0840. The lowest BCUT2D eigenvalue weighted by Gasteiger charge is -2.31. The Bertz CT molecular complexity index is 610. The number of quaternary nitrogens is 1. The third-order valence-corrected chi connectivity index (χ3v) is 4.07. The zero-order chi connectivity index (χ0) is 17.5. The molecule has 1 aromatic rings. The molecular weight excluding hydrogens is 308 g/mol. The molecule has 2 rings (SSSR count). The summed E-state index contributed by atoms with van der Waals surface area (Å²) in [7, 11) is 0. The van der Waals surface area contributed by atoms with E-state index in [4.69, 9.17) is 0 Å². The highest BCUT2D eigenvalue weighted by Gasteiger charge is 2.23. The van der Waals surface area contributed by atoms with Crippen molar-refractivity contribution in [3.8, 4) is 0 Å². The Morgan fingerprint density at radius 3 is 2.54 bits per heavy atom. The number of benzene rings is 1. The van der Waals surface area contributed by atoms with Gasteiger partial charge in [0, 0.05) is 24.7 Å². The molecule has 1 aromatic carbocycles. The van der Waals surface area contributed by atoms with Gasteiger partial charge in [-0.3, -0.25) is 14.4 Å². The molecule has 1 fully saturated rings. The Morgan fingerprint density at radius 1 is 1.21 bits per heavy atom. The molecule has 0 aliphatic carbocycles. The van der Waals surface area contributed by atoms with Gasteiger partial charge in [-0.1, -0.05) is 6.07 Å². The van der Waals surface area contributed by atoms with Crippen LogP contribution in [0.1, 0.15) is 24.2 Å². The Hall–Kier alpha value is -2.41. The van der Waals surface area contributed by atoms with Crippen LogP contribution in [0.3, 0.4) is 0 Å². The summed E-state index contributed by atoms with van der Waals surface area (Å²) < 4.78 is 0.